The molecule has 0 unspecified atom stereocenters. The molecule has 104 valence electrons. The van der Waals surface area contributed by atoms with Gasteiger partial charge >= 0.3 is 0 Å². The van der Waals surface area contributed by atoms with Gasteiger partial charge in [-0.2, -0.15) is 0 Å². The fraction of sp³-hybridized carbons (Fsp3) is 0.333. The highest BCUT2D eigenvalue weighted by molar-refractivity contribution is 14.1. The maximum atomic E-state index is 11.7. The van der Waals surface area contributed by atoms with Crippen LogP contribution in [0.3, 0.4) is 0 Å². The summed E-state index contributed by atoms with van der Waals surface area (Å²) in [5.41, 5.74) is 9.11. The molecule has 0 aromatic heterocycles. The molecule has 0 aliphatic carbocycles. The number of anilines is 2. The van der Waals surface area contributed by atoms with Gasteiger partial charge in [0.2, 0.25) is 0 Å². The molecule has 0 saturated carbocycles. The van der Waals surface area contributed by atoms with E-state index in [1.165, 1.54) is 16.7 Å². The van der Waals surface area contributed by atoms with Gasteiger partial charge in [0.25, 0.3) is 10.9 Å². The Morgan fingerprint density at radius 2 is 2.00 bits per heavy atom. The van der Waals surface area contributed by atoms with Crippen LogP contribution in [0.2, 0.25) is 0 Å². The summed E-state index contributed by atoms with van der Waals surface area (Å²) in [6.07, 6.45) is 1.97. The van der Waals surface area contributed by atoms with Crippen LogP contribution in [-0.2, 0) is 17.4 Å². The van der Waals surface area contributed by atoms with Crippen molar-refractivity contribution in [2.45, 2.75) is 23.8 Å². The van der Waals surface area contributed by atoms with Crippen LogP contribution >= 0.6 is 22.6 Å². The molecule has 4 nitrogen and oxygen atoms in total. The van der Waals surface area contributed by atoms with E-state index in [0.29, 0.717) is 12.2 Å². The van der Waals surface area contributed by atoms with Crippen molar-refractivity contribution in [3.63, 3.8) is 0 Å². The number of nitrogens with two attached hydrogens (primary N) is 1. The Balaban J connectivity index is 1.97. The molecule has 0 spiro atoms. The molecular weight excluding hydrogens is 367 g/mol. The summed E-state index contributed by atoms with van der Waals surface area (Å²) in [5, 5.41) is 0. The minimum absolute atomic E-state index is 0.128. The number of alkyl halides is 1. The van der Waals surface area contributed by atoms with Crippen molar-refractivity contribution < 1.29 is 0 Å². The number of rotatable bonds is 2. The number of fused-ring (bicyclic) bond motifs is 1. The van der Waals surface area contributed by atoms with Gasteiger partial charge in [0.15, 0.2) is 0 Å². The van der Waals surface area contributed by atoms with Gasteiger partial charge in [-0.1, -0.05) is 40.8 Å². The fourth-order valence-corrected chi connectivity index (χ4v) is 3.27. The molecule has 0 radical (unpaired) electrons. The molecule has 20 heavy (non-hydrogen) atoms. The summed E-state index contributed by atoms with van der Waals surface area (Å²) >= 11 is 2.34. The molecule has 1 aliphatic rings. The number of aryl methyl sites for hydroxylation is 1. The first kappa shape index (κ1) is 13.6. The monoisotopic (exact) mass is 382 g/mol. The number of hydrogen-bond acceptors (Lipinski definition) is 4. The second-order valence-electron chi connectivity index (χ2n) is 5.18. The van der Waals surface area contributed by atoms with Gasteiger partial charge in [-0.05, 0) is 29.5 Å². The Morgan fingerprint density at radius 1 is 1.20 bits per heavy atom. The van der Waals surface area contributed by atoms with Crippen molar-refractivity contribution in [1.29, 1.82) is 0 Å². The lowest BCUT2D eigenvalue weighted by atomic mass is 10.0. The quantitative estimate of drug-likeness (QED) is 0.489. The van der Waals surface area contributed by atoms with Crippen LogP contribution in [0.4, 0.5) is 11.4 Å². The van der Waals surface area contributed by atoms with E-state index >= 15 is 0 Å². The molecule has 1 heterocycles. The largest absolute Gasteiger partial charge is 0.394 e. The van der Waals surface area contributed by atoms with E-state index in [1.807, 2.05) is 4.90 Å². The van der Waals surface area contributed by atoms with Gasteiger partial charge in [0, 0.05) is 17.5 Å². The molecule has 0 amide bonds. The van der Waals surface area contributed by atoms with E-state index in [4.69, 9.17) is 5.73 Å². The van der Waals surface area contributed by atoms with Crippen LogP contribution in [0.5, 0.6) is 0 Å². The minimum Gasteiger partial charge on any atom is -0.394 e. The standard InChI is InChI=1S/C15H15IN2O2/c16-7-9-3-4-10-2-1-5-18(8-11(10)6-9)13-12(17)14(19)15(13)20/h3-4,6H,1-2,5,7-8,17H2. The van der Waals surface area contributed by atoms with E-state index in [1.54, 1.807) is 0 Å². The van der Waals surface area contributed by atoms with Crippen LogP contribution in [0, 0.1) is 0 Å². The summed E-state index contributed by atoms with van der Waals surface area (Å²) < 4.78 is 0.966. The second-order valence-corrected chi connectivity index (χ2v) is 5.95. The van der Waals surface area contributed by atoms with E-state index in [9.17, 15) is 9.59 Å². The highest BCUT2D eigenvalue weighted by Crippen LogP contribution is 2.26. The van der Waals surface area contributed by atoms with Gasteiger partial charge in [-0.3, -0.25) is 9.59 Å². The van der Waals surface area contributed by atoms with Crippen LogP contribution in [0.15, 0.2) is 27.8 Å². The molecule has 0 atom stereocenters. The number of hydrogen-bond donors (Lipinski definition) is 1. The predicted octanol–water partition coefficient (Wildman–Crippen LogP) is 1.75. The highest BCUT2D eigenvalue weighted by atomic mass is 127. The maximum absolute atomic E-state index is 11.7. The van der Waals surface area contributed by atoms with E-state index in [-0.39, 0.29) is 5.69 Å². The Morgan fingerprint density at radius 3 is 2.70 bits per heavy atom. The third kappa shape index (κ3) is 2.13. The normalized spacial score (nSPS) is 15.2. The Labute approximate surface area is 130 Å². The van der Waals surface area contributed by atoms with Gasteiger partial charge in [-0.25, -0.2) is 0 Å². The van der Waals surface area contributed by atoms with E-state index in [0.717, 1.165) is 23.8 Å². The zero-order valence-electron chi connectivity index (χ0n) is 11.0. The molecule has 2 N–H and O–H groups in total. The molecule has 5 heteroatoms. The van der Waals surface area contributed by atoms with Crippen molar-refractivity contribution >= 4 is 34.0 Å². The summed E-state index contributed by atoms with van der Waals surface area (Å²) in [5.74, 6) is 0. The van der Waals surface area contributed by atoms with E-state index in [2.05, 4.69) is 40.8 Å². The lowest BCUT2D eigenvalue weighted by molar-refractivity contribution is 0.761. The number of nitrogens with zero attached hydrogens (tertiary/aromatic N) is 1. The summed E-state index contributed by atoms with van der Waals surface area (Å²) in [6.45, 7) is 1.43. The Bertz CT molecular complexity index is 732. The molecule has 0 bridgehead atoms. The third-order valence-corrected chi connectivity index (χ3v) is 4.78. The van der Waals surface area contributed by atoms with Crippen molar-refractivity contribution in [1.82, 2.24) is 0 Å². The lowest BCUT2D eigenvalue weighted by Gasteiger charge is -2.25. The first-order chi connectivity index (χ1) is 9.61. The van der Waals surface area contributed by atoms with Crippen LogP contribution in [-0.4, -0.2) is 6.54 Å². The van der Waals surface area contributed by atoms with Gasteiger partial charge in [0.05, 0.1) is 0 Å². The van der Waals surface area contributed by atoms with E-state index < -0.39 is 10.9 Å². The van der Waals surface area contributed by atoms with Crippen molar-refractivity contribution in [2.24, 2.45) is 0 Å². The molecule has 0 fully saturated rings. The molecule has 2 aromatic carbocycles. The molecule has 0 saturated heterocycles. The summed E-state index contributed by atoms with van der Waals surface area (Å²) in [6, 6.07) is 6.53. The topological polar surface area (TPSA) is 63.4 Å². The fourth-order valence-electron chi connectivity index (χ4n) is 2.80. The third-order valence-electron chi connectivity index (χ3n) is 3.90. The van der Waals surface area contributed by atoms with Crippen LogP contribution in [0.1, 0.15) is 23.1 Å². The Hall–Kier alpha value is -1.37. The number of benzene rings is 1. The maximum Gasteiger partial charge on any atom is 0.253 e. The summed E-state index contributed by atoms with van der Waals surface area (Å²) in [4.78, 5) is 24.9. The lowest BCUT2D eigenvalue weighted by Crippen LogP contribution is -2.42. The first-order valence-corrected chi connectivity index (χ1v) is 8.14. The molecule has 2 aromatic rings. The SMILES string of the molecule is Nc1c(N2CCCc3ccc(CI)cc3C2)c(=O)c1=O. The summed E-state index contributed by atoms with van der Waals surface area (Å²) in [7, 11) is 0. The second kappa shape index (κ2) is 5.20. The average molecular weight is 382 g/mol. The van der Waals surface area contributed by atoms with Crippen molar-refractivity contribution in [3.8, 4) is 0 Å². The van der Waals surface area contributed by atoms with Crippen LogP contribution in [0.25, 0.3) is 0 Å². The van der Waals surface area contributed by atoms with Crippen molar-refractivity contribution in [3.05, 3.63) is 55.3 Å². The number of halogens is 1. The Kier molecular flexibility index (Phi) is 3.54. The zero-order chi connectivity index (χ0) is 14.3. The highest BCUT2D eigenvalue weighted by Gasteiger charge is 2.25. The predicted molar refractivity (Wildman–Crippen MR) is 89.3 cm³/mol. The average Bonchev–Trinajstić information content (AvgIpc) is 2.68. The zero-order valence-corrected chi connectivity index (χ0v) is 13.1. The van der Waals surface area contributed by atoms with Gasteiger partial charge in [0.1, 0.15) is 11.4 Å². The van der Waals surface area contributed by atoms with Crippen LogP contribution < -0.4 is 21.5 Å². The number of nitrogen functional groups attached to an aromatic ring is 1. The van der Waals surface area contributed by atoms with Gasteiger partial charge in [-0.15, -0.1) is 0 Å². The minimum atomic E-state index is -0.537. The van der Waals surface area contributed by atoms with Gasteiger partial charge < -0.3 is 10.6 Å². The smallest absolute Gasteiger partial charge is 0.253 e. The molecular formula is C15H15IN2O2. The molecule has 1 aliphatic heterocycles. The molecule has 3 rings (SSSR count). The van der Waals surface area contributed by atoms with Crippen molar-refractivity contribution in [2.75, 3.05) is 17.2 Å². The first-order valence-electron chi connectivity index (χ1n) is 6.62.